The molecule has 2 atom stereocenters. The molecular weight excluding hydrogens is 222 g/mol. The first-order chi connectivity index (χ1) is 8.13. The Bertz CT molecular complexity index is 261. The van der Waals surface area contributed by atoms with Gasteiger partial charge in [-0.05, 0) is 32.6 Å². The highest BCUT2D eigenvalue weighted by molar-refractivity contribution is 5.84. The maximum absolute atomic E-state index is 11.5. The first-order valence-corrected chi connectivity index (χ1v) is 6.12. The molecule has 1 fully saturated rings. The minimum atomic E-state index is -0.584. The van der Waals surface area contributed by atoms with Gasteiger partial charge in [-0.25, -0.2) is 4.79 Å². The van der Waals surface area contributed by atoms with E-state index in [-0.39, 0.29) is 12.0 Å². The number of methoxy groups -OCH3 is 1. The van der Waals surface area contributed by atoms with E-state index < -0.39 is 12.0 Å². The van der Waals surface area contributed by atoms with Gasteiger partial charge in [0.05, 0.1) is 13.2 Å². The number of carbonyl (C=O) groups is 2. The smallest absolute Gasteiger partial charge is 0.328 e. The van der Waals surface area contributed by atoms with Crippen molar-refractivity contribution in [2.75, 3.05) is 13.7 Å². The maximum Gasteiger partial charge on any atom is 0.328 e. The van der Waals surface area contributed by atoms with Crippen molar-refractivity contribution in [1.82, 2.24) is 5.32 Å². The number of amides is 1. The molecule has 2 unspecified atom stereocenters. The van der Waals surface area contributed by atoms with Crippen molar-refractivity contribution in [3.63, 3.8) is 0 Å². The summed E-state index contributed by atoms with van der Waals surface area (Å²) >= 11 is 0. The van der Waals surface area contributed by atoms with Crippen LogP contribution in [0.5, 0.6) is 0 Å². The van der Waals surface area contributed by atoms with Gasteiger partial charge in [0.15, 0.2) is 0 Å². The summed E-state index contributed by atoms with van der Waals surface area (Å²) in [6, 6.07) is -0.584. The number of esters is 1. The Morgan fingerprint density at radius 1 is 1.47 bits per heavy atom. The number of hydrogen-bond acceptors (Lipinski definition) is 4. The minimum absolute atomic E-state index is 0.128. The summed E-state index contributed by atoms with van der Waals surface area (Å²) < 4.78 is 10.1. The Labute approximate surface area is 102 Å². The third kappa shape index (κ3) is 5.17. The van der Waals surface area contributed by atoms with E-state index in [4.69, 9.17) is 4.74 Å². The Morgan fingerprint density at radius 3 is 2.82 bits per heavy atom. The predicted molar refractivity (Wildman–Crippen MR) is 62.4 cm³/mol. The van der Waals surface area contributed by atoms with Gasteiger partial charge in [0.2, 0.25) is 5.91 Å². The van der Waals surface area contributed by atoms with Crippen molar-refractivity contribution in [2.45, 2.75) is 51.2 Å². The van der Waals surface area contributed by atoms with E-state index in [1.807, 2.05) is 0 Å². The minimum Gasteiger partial charge on any atom is -0.467 e. The molecule has 5 nitrogen and oxygen atoms in total. The lowest BCUT2D eigenvalue weighted by Gasteiger charge is -2.22. The van der Waals surface area contributed by atoms with Gasteiger partial charge in [0.25, 0.3) is 0 Å². The fourth-order valence-electron chi connectivity index (χ4n) is 1.88. The van der Waals surface area contributed by atoms with Gasteiger partial charge in [0, 0.05) is 13.0 Å². The molecule has 1 N–H and O–H groups in total. The second-order valence-electron chi connectivity index (χ2n) is 4.34. The molecule has 1 aliphatic heterocycles. The average Bonchev–Trinajstić information content (AvgIpc) is 2.36. The zero-order chi connectivity index (χ0) is 12.7. The molecular formula is C12H21NO4. The third-order valence-electron chi connectivity index (χ3n) is 2.90. The number of hydrogen-bond donors (Lipinski definition) is 1. The first-order valence-electron chi connectivity index (χ1n) is 6.12. The van der Waals surface area contributed by atoms with Gasteiger partial charge in [-0.15, -0.1) is 0 Å². The van der Waals surface area contributed by atoms with E-state index >= 15 is 0 Å². The SMILES string of the molecule is COC(=O)C(C)NC(=O)CCC1CCCCO1. The van der Waals surface area contributed by atoms with Crippen LogP contribution in [-0.4, -0.2) is 37.7 Å². The van der Waals surface area contributed by atoms with Crippen LogP contribution in [0.25, 0.3) is 0 Å². The molecule has 1 saturated heterocycles. The standard InChI is InChI=1S/C12H21NO4/c1-9(12(15)16-2)13-11(14)7-6-10-5-3-4-8-17-10/h9-10H,3-8H2,1-2H3,(H,13,14). The van der Waals surface area contributed by atoms with Crippen molar-refractivity contribution in [3.05, 3.63) is 0 Å². The van der Waals surface area contributed by atoms with E-state index in [9.17, 15) is 9.59 Å². The lowest BCUT2D eigenvalue weighted by atomic mass is 10.0. The van der Waals surface area contributed by atoms with Crippen LogP contribution in [0.1, 0.15) is 39.0 Å². The zero-order valence-corrected chi connectivity index (χ0v) is 10.5. The molecule has 1 amide bonds. The third-order valence-corrected chi connectivity index (χ3v) is 2.90. The molecule has 0 bridgehead atoms. The van der Waals surface area contributed by atoms with Gasteiger partial charge in [-0.3, -0.25) is 4.79 Å². The second-order valence-corrected chi connectivity index (χ2v) is 4.34. The summed E-state index contributed by atoms with van der Waals surface area (Å²) in [5.74, 6) is -0.552. The molecule has 0 aromatic rings. The second kappa shape index (κ2) is 7.27. The van der Waals surface area contributed by atoms with Crippen LogP contribution < -0.4 is 5.32 Å². The lowest BCUT2D eigenvalue weighted by Crippen LogP contribution is -2.39. The van der Waals surface area contributed by atoms with Crippen LogP contribution in [0.15, 0.2) is 0 Å². The monoisotopic (exact) mass is 243 g/mol. The van der Waals surface area contributed by atoms with Gasteiger partial charge >= 0.3 is 5.97 Å². The highest BCUT2D eigenvalue weighted by Crippen LogP contribution is 2.16. The average molecular weight is 243 g/mol. The molecule has 1 heterocycles. The fourth-order valence-corrected chi connectivity index (χ4v) is 1.88. The van der Waals surface area contributed by atoms with Crippen LogP contribution >= 0.6 is 0 Å². The first kappa shape index (κ1) is 14.0. The summed E-state index contributed by atoms with van der Waals surface area (Å²) in [6.07, 6.45) is 4.63. The highest BCUT2D eigenvalue weighted by atomic mass is 16.5. The maximum atomic E-state index is 11.5. The van der Waals surface area contributed by atoms with Crippen molar-refractivity contribution >= 4 is 11.9 Å². The predicted octanol–water partition coefficient (Wildman–Crippen LogP) is 1.01. The Hall–Kier alpha value is -1.10. The molecule has 0 aromatic heterocycles. The van der Waals surface area contributed by atoms with Crippen LogP contribution in [0.4, 0.5) is 0 Å². The van der Waals surface area contributed by atoms with E-state index in [0.717, 1.165) is 25.9 Å². The number of nitrogens with one attached hydrogen (secondary N) is 1. The zero-order valence-electron chi connectivity index (χ0n) is 10.5. The molecule has 17 heavy (non-hydrogen) atoms. The van der Waals surface area contributed by atoms with Gasteiger partial charge in [-0.2, -0.15) is 0 Å². The molecule has 1 rings (SSSR count). The molecule has 98 valence electrons. The Kier molecular flexibility index (Phi) is 5.97. The van der Waals surface area contributed by atoms with Gasteiger partial charge < -0.3 is 14.8 Å². The molecule has 5 heteroatoms. The quantitative estimate of drug-likeness (QED) is 0.732. The molecule has 0 spiro atoms. The summed E-state index contributed by atoms with van der Waals surface area (Å²) in [5.41, 5.74) is 0. The molecule has 0 radical (unpaired) electrons. The summed E-state index contributed by atoms with van der Waals surface area (Å²) in [6.45, 7) is 2.41. The van der Waals surface area contributed by atoms with Crippen molar-refractivity contribution in [2.24, 2.45) is 0 Å². The Balaban J connectivity index is 2.18. The van der Waals surface area contributed by atoms with Crippen molar-refractivity contribution in [1.29, 1.82) is 0 Å². The molecule has 0 saturated carbocycles. The van der Waals surface area contributed by atoms with Crippen LogP contribution in [0.3, 0.4) is 0 Å². The molecule has 0 aliphatic carbocycles. The van der Waals surface area contributed by atoms with Crippen molar-refractivity contribution < 1.29 is 19.1 Å². The van der Waals surface area contributed by atoms with Gasteiger partial charge in [-0.1, -0.05) is 0 Å². The summed E-state index contributed by atoms with van der Waals surface area (Å²) in [4.78, 5) is 22.6. The number of ether oxygens (including phenoxy) is 2. The number of carbonyl (C=O) groups excluding carboxylic acids is 2. The number of rotatable bonds is 5. The lowest BCUT2D eigenvalue weighted by molar-refractivity contribution is -0.144. The van der Waals surface area contributed by atoms with Crippen molar-refractivity contribution in [3.8, 4) is 0 Å². The van der Waals surface area contributed by atoms with E-state index in [1.165, 1.54) is 13.5 Å². The molecule has 1 aliphatic rings. The van der Waals surface area contributed by atoms with Crippen LogP contribution in [-0.2, 0) is 19.1 Å². The van der Waals surface area contributed by atoms with Gasteiger partial charge in [0.1, 0.15) is 6.04 Å². The summed E-state index contributed by atoms with van der Waals surface area (Å²) in [7, 11) is 1.31. The normalized spacial score (nSPS) is 21.6. The van der Waals surface area contributed by atoms with E-state index in [0.29, 0.717) is 6.42 Å². The Morgan fingerprint density at radius 2 is 2.24 bits per heavy atom. The fraction of sp³-hybridized carbons (Fsp3) is 0.833. The molecule has 0 aromatic carbocycles. The van der Waals surface area contributed by atoms with E-state index in [2.05, 4.69) is 10.1 Å². The van der Waals surface area contributed by atoms with E-state index in [1.54, 1.807) is 6.92 Å². The topological polar surface area (TPSA) is 64.6 Å². The highest BCUT2D eigenvalue weighted by Gasteiger charge is 2.18. The summed E-state index contributed by atoms with van der Waals surface area (Å²) in [5, 5.41) is 2.60. The largest absolute Gasteiger partial charge is 0.467 e. The van der Waals surface area contributed by atoms with Crippen LogP contribution in [0, 0.1) is 0 Å². The van der Waals surface area contributed by atoms with Crippen LogP contribution in [0.2, 0.25) is 0 Å².